The molecule has 1 aliphatic rings. The van der Waals surface area contributed by atoms with E-state index in [0.29, 0.717) is 31.6 Å². The summed E-state index contributed by atoms with van der Waals surface area (Å²) in [6.45, 7) is 3.73. The van der Waals surface area contributed by atoms with E-state index in [1.165, 1.54) is 0 Å². The van der Waals surface area contributed by atoms with Crippen molar-refractivity contribution in [2.75, 3.05) is 24.5 Å². The number of anilines is 1. The number of carbonyl (C=O) groups excluding carboxylic acids is 2. The molecule has 0 unspecified atom stereocenters. The maximum atomic E-state index is 11.3. The van der Waals surface area contributed by atoms with E-state index in [-0.39, 0.29) is 5.91 Å². The van der Waals surface area contributed by atoms with Gasteiger partial charge in [-0.3, -0.25) is 14.3 Å². The number of carbonyl (C=O) groups is 2. The molecule has 0 bridgehead atoms. The summed E-state index contributed by atoms with van der Waals surface area (Å²) in [6, 6.07) is 0. The van der Waals surface area contributed by atoms with Crippen LogP contribution in [0.25, 0.3) is 0 Å². The van der Waals surface area contributed by atoms with E-state index < -0.39 is 0 Å². The van der Waals surface area contributed by atoms with E-state index >= 15 is 0 Å². The molecule has 6 heteroatoms. The second-order valence-corrected chi connectivity index (χ2v) is 4.15. The van der Waals surface area contributed by atoms with Crippen LogP contribution in [0.5, 0.6) is 0 Å². The van der Waals surface area contributed by atoms with Gasteiger partial charge in [0.25, 0.3) is 0 Å². The van der Waals surface area contributed by atoms with Gasteiger partial charge in [-0.05, 0) is 6.92 Å². The summed E-state index contributed by atoms with van der Waals surface area (Å²) in [5.74, 6) is 0.855. The van der Waals surface area contributed by atoms with Crippen LogP contribution in [-0.4, -0.2) is 41.6 Å². The quantitative estimate of drug-likeness (QED) is 0.726. The lowest BCUT2D eigenvalue weighted by Crippen LogP contribution is -2.30. The molecule has 1 fully saturated rings. The number of rotatable bonds is 2. The summed E-state index contributed by atoms with van der Waals surface area (Å²) < 4.78 is 1.70. The average molecular weight is 236 g/mol. The zero-order valence-electron chi connectivity index (χ0n) is 10.1. The summed E-state index contributed by atoms with van der Waals surface area (Å²) in [7, 11) is 1.81. The number of hydrogen-bond acceptors (Lipinski definition) is 4. The van der Waals surface area contributed by atoms with E-state index in [1.807, 2.05) is 18.9 Å². The molecule has 1 N–H and O–H groups in total. The fraction of sp³-hybridized carbons (Fsp3) is 0.545. The molecule has 2 heterocycles. The third-order valence-corrected chi connectivity index (χ3v) is 2.97. The smallest absolute Gasteiger partial charge is 0.221 e. The zero-order chi connectivity index (χ0) is 12.4. The van der Waals surface area contributed by atoms with Gasteiger partial charge in [-0.15, -0.1) is 0 Å². The highest BCUT2D eigenvalue weighted by atomic mass is 16.1. The molecule has 92 valence electrons. The van der Waals surface area contributed by atoms with Crippen molar-refractivity contribution in [1.82, 2.24) is 15.1 Å². The Morgan fingerprint density at radius 1 is 1.41 bits per heavy atom. The molecule has 0 spiro atoms. The summed E-state index contributed by atoms with van der Waals surface area (Å²) in [5, 5.41) is 7.05. The van der Waals surface area contributed by atoms with E-state index in [0.717, 1.165) is 17.8 Å². The minimum absolute atomic E-state index is 0.0547. The van der Waals surface area contributed by atoms with Crippen molar-refractivity contribution in [3.8, 4) is 0 Å². The highest BCUT2D eigenvalue weighted by Crippen LogP contribution is 2.21. The third-order valence-electron chi connectivity index (χ3n) is 2.97. The number of nitrogens with one attached hydrogen (secondary N) is 1. The number of aldehydes is 1. The van der Waals surface area contributed by atoms with Crippen LogP contribution in [-0.2, 0) is 11.8 Å². The maximum absolute atomic E-state index is 11.3. The fourth-order valence-corrected chi connectivity index (χ4v) is 2.15. The Labute approximate surface area is 99.6 Å². The molecule has 0 aromatic carbocycles. The SMILES string of the molecule is Cc1nn(C)c(N2CCNC(=O)CC2)c1C=O. The van der Waals surface area contributed by atoms with Crippen molar-refractivity contribution >= 4 is 18.0 Å². The molecule has 1 amide bonds. The third kappa shape index (κ3) is 2.15. The lowest BCUT2D eigenvalue weighted by Gasteiger charge is -2.22. The van der Waals surface area contributed by atoms with Crippen molar-refractivity contribution < 1.29 is 9.59 Å². The second-order valence-electron chi connectivity index (χ2n) is 4.15. The number of hydrogen-bond donors (Lipinski definition) is 1. The van der Waals surface area contributed by atoms with Crippen LogP contribution in [0.15, 0.2) is 0 Å². The Hall–Kier alpha value is -1.85. The Balaban J connectivity index is 2.32. The topological polar surface area (TPSA) is 67.2 Å². The van der Waals surface area contributed by atoms with Crippen LogP contribution in [0, 0.1) is 6.92 Å². The minimum Gasteiger partial charge on any atom is -0.354 e. The molecule has 0 atom stereocenters. The van der Waals surface area contributed by atoms with E-state index in [4.69, 9.17) is 0 Å². The molecule has 1 saturated heterocycles. The lowest BCUT2D eigenvalue weighted by molar-refractivity contribution is -0.120. The standard InChI is InChI=1S/C11H16N4O2/c1-8-9(7-16)11(14(2)13-8)15-5-3-10(17)12-4-6-15/h7H,3-6H2,1-2H3,(H,12,17). The molecule has 1 aromatic heterocycles. The molecule has 1 aromatic rings. The van der Waals surface area contributed by atoms with Crippen molar-refractivity contribution in [3.05, 3.63) is 11.3 Å². The first-order valence-electron chi connectivity index (χ1n) is 5.64. The van der Waals surface area contributed by atoms with Crippen molar-refractivity contribution in [3.63, 3.8) is 0 Å². The zero-order valence-corrected chi connectivity index (χ0v) is 10.1. The molecular weight excluding hydrogens is 220 g/mol. The summed E-state index contributed by atoms with van der Waals surface area (Å²) >= 11 is 0. The number of aromatic nitrogens is 2. The van der Waals surface area contributed by atoms with Crippen LogP contribution in [0.1, 0.15) is 22.5 Å². The van der Waals surface area contributed by atoms with Gasteiger partial charge in [0.1, 0.15) is 5.82 Å². The maximum Gasteiger partial charge on any atom is 0.221 e. The Bertz CT molecular complexity index is 453. The van der Waals surface area contributed by atoms with Gasteiger partial charge in [0.2, 0.25) is 5.91 Å². The van der Waals surface area contributed by atoms with Gasteiger partial charge in [0.15, 0.2) is 6.29 Å². The van der Waals surface area contributed by atoms with Gasteiger partial charge in [0.05, 0.1) is 11.3 Å². The van der Waals surface area contributed by atoms with Gasteiger partial charge in [-0.25, -0.2) is 0 Å². The monoisotopic (exact) mass is 236 g/mol. The van der Waals surface area contributed by atoms with E-state index in [2.05, 4.69) is 10.4 Å². The van der Waals surface area contributed by atoms with Crippen LogP contribution in [0.4, 0.5) is 5.82 Å². The molecule has 0 saturated carbocycles. The van der Waals surface area contributed by atoms with Crippen molar-refractivity contribution in [2.45, 2.75) is 13.3 Å². The first kappa shape index (κ1) is 11.6. The Kier molecular flexibility index (Phi) is 3.12. The number of aryl methyl sites for hydroxylation is 2. The summed E-state index contributed by atoms with van der Waals surface area (Å²) in [5.41, 5.74) is 1.34. The predicted octanol–water partition coefficient (Wildman–Crippen LogP) is -0.133. The van der Waals surface area contributed by atoms with Gasteiger partial charge >= 0.3 is 0 Å². The predicted molar refractivity (Wildman–Crippen MR) is 63.2 cm³/mol. The Morgan fingerprint density at radius 3 is 2.88 bits per heavy atom. The highest BCUT2D eigenvalue weighted by molar-refractivity contribution is 5.85. The first-order chi connectivity index (χ1) is 8.13. The molecule has 1 aliphatic heterocycles. The van der Waals surface area contributed by atoms with E-state index in [1.54, 1.807) is 4.68 Å². The number of amides is 1. The lowest BCUT2D eigenvalue weighted by atomic mass is 10.2. The van der Waals surface area contributed by atoms with Gasteiger partial charge in [0, 0.05) is 33.1 Å². The number of nitrogens with zero attached hydrogens (tertiary/aromatic N) is 3. The van der Waals surface area contributed by atoms with Gasteiger partial charge in [-0.1, -0.05) is 0 Å². The van der Waals surface area contributed by atoms with E-state index in [9.17, 15) is 9.59 Å². The fourth-order valence-electron chi connectivity index (χ4n) is 2.15. The minimum atomic E-state index is 0.0547. The van der Waals surface area contributed by atoms with Crippen LogP contribution in [0.3, 0.4) is 0 Å². The average Bonchev–Trinajstić information content (AvgIpc) is 2.46. The molecule has 6 nitrogen and oxygen atoms in total. The van der Waals surface area contributed by atoms with Crippen LogP contribution >= 0.6 is 0 Å². The molecule has 17 heavy (non-hydrogen) atoms. The first-order valence-corrected chi connectivity index (χ1v) is 5.64. The van der Waals surface area contributed by atoms with Crippen molar-refractivity contribution in [2.24, 2.45) is 7.05 Å². The highest BCUT2D eigenvalue weighted by Gasteiger charge is 2.21. The molecule has 2 rings (SSSR count). The largest absolute Gasteiger partial charge is 0.354 e. The van der Waals surface area contributed by atoms with Crippen molar-refractivity contribution in [1.29, 1.82) is 0 Å². The van der Waals surface area contributed by atoms with Crippen LogP contribution < -0.4 is 10.2 Å². The van der Waals surface area contributed by atoms with Gasteiger partial charge in [-0.2, -0.15) is 5.10 Å². The van der Waals surface area contributed by atoms with Gasteiger partial charge < -0.3 is 10.2 Å². The molecule has 0 aliphatic carbocycles. The van der Waals surface area contributed by atoms with Crippen LogP contribution in [0.2, 0.25) is 0 Å². The Morgan fingerprint density at radius 2 is 2.18 bits per heavy atom. The molecule has 0 radical (unpaired) electrons. The molecular formula is C11H16N4O2. The second kappa shape index (κ2) is 4.57. The normalized spacial score (nSPS) is 16.6. The summed E-state index contributed by atoms with van der Waals surface area (Å²) in [6.07, 6.45) is 1.28. The summed E-state index contributed by atoms with van der Waals surface area (Å²) in [4.78, 5) is 24.4.